The number of carbonyl (C=O) groups is 2. The molecule has 0 unspecified atom stereocenters. The van der Waals surface area contributed by atoms with Gasteiger partial charge >= 0.3 is 0 Å². The van der Waals surface area contributed by atoms with Gasteiger partial charge in [0.05, 0.1) is 13.0 Å². The van der Waals surface area contributed by atoms with Crippen molar-refractivity contribution in [1.29, 1.82) is 0 Å². The Hall–Kier alpha value is -2.36. The molecule has 4 nitrogen and oxygen atoms in total. The Morgan fingerprint density at radius 2 is 1.73 bits per heavy atom. The summed E-state index contributed by atoms with van der Waals surface area (Å²) in [5, 5.41) is 5.01. The molecule has 2 amide bonds. The molecular formula is C18H20N2O2. The van der Waals surface area contributed by atoms with E-state index in [0.29, 0.717) is 6.42 Å². The van der Waals surface area contributed by atoms with Crippen LogP contribution in [0.1, 0.15) is 18.4 Å². The van der Waals surface area contributed by atoms with Crippen LogP contribution in [0.2, 0.25) is 0 Å². The molecule has 114 valence electrons. The first kappa shape index (κ1) is 14.6. The fourth-order valence-electron chi connectivity index (χ4n) is 2.85. The zero-order chi connectivity index (χ0) is 15.4. The molecule has 1 aliphatic rings. The Balaban J connectivity index is 1.55. The van der Waals surface area contributed by atoms with Crippen LogP contribution in [0.3, 0.4) is 0 Å². The summed E-state index contributed by atoms with van der Waals surface area (Å²) in [4.78, 5) is 25.7. The van der Waals surface area contributed by atoms with E-state index in [1.807, 2.05) is 47.4 Å². The zero-order valence-electron chi connectivity index (χ0n) is 12.5. The first-order chi connectivity index (χ1) is 10.7. The SMILES string of the molecule is O=C(Cc1ccc2ccccc2c1)NCC(=O)N1CCCC1. The molecule has 0 saturated carbocycles. The van der Waals surface area contributed by atoms with Gasteiger partial charge in [-0.25, -0.2) is 0 Å². The number of hydrogen-bond donors (Lipinski definition) is 1. The van der Waals surface area contributed by atoms with Gasteiger partial charge in [-0.15, -0.1) is 0 Å². The highest BCUT2D eigenvalue weighted by atomic mass is 16.2. The van der Waals surface area contributed by atoms with Gasteiger partial charge < -0.3 is 10.2 Å². The van der Waals surface area contributed by atoms with E-state index in [1.165, 1.54) is 0 Å². The minimum absolute atomic E-state index is 0.0179. The standard InChI is InChI=1S/C18H20N2O2/c21-17(19-13-18(22)20-9-3-4-10-20)12-14-7-8-15-5-1-2-6-16(15)11-14/h1-2,5-8,11H,3-4,9-10,12-13H2,(H,19,21). The molecule has 0 radical (unpaired) electrons. The smallest absolute Gasteiger partial charge is 0.241 e. The molecule has 3 rings (SSSR count). The summed E-state index contributed by atoms with van der Waals surface area (Å²) in [5.74, 6) is -0.0906. The molecule has 2 aromatic rings. The predicted molar refractivity (Wildman–Crippen MR) is 86.5 cm³/mol. The third-order valence-electron chi connectivity index (χ3n) is 4.07. The molecular weight excluding hydrogens is 276 g/mol. The number of amides is 2. The lowest BCUT2D eigenvalue weighted by Gasteiger charge is -2.15. The molecule has 1 heterocycles. The predicted octanol–water partition coefficient (Wildman–Crippen LogP) is 2.12. The highest BCUT2D eigenvalue weighted by molar-refractivity contribution is 5.87. The third-order valence-corrected chi connectivity index (χ3v) is 4.07. The molecule has 22 heavy (non-hydrogen) atoms. The zero-order valence-corrected chi connectivity index (χ0v) is 12.5. The van der Waals surface area contributed by atoms with Crippen LogP contribution in [-0.4, -0.2) is 36.3 Å². The molecule has 1 N–H and O–H groups in total. The van der Waals surface area contributed by atoms with Gasteiger partial charge in [0.1, 0.15) is 0 Å². The lowest BCUT2D eigenvalue weighted by Crippen LogP contribution is -2.39. The highest BCUT2D eigenvalue weighted by Crippen LogP contribution is 2.15. The Labute approximate surface area is 130 Å². The Morgan fingerprint density at radius 1 is 1.00 bits per heavy atom. The lowest BCUT2D eigenvalue weighted by molar-refractivity contribution is -0.131. The number of nitrogens with zero attached hydrogens (tertiary/aromatic N) is 1. The Kier molecular flexibility index (Phi) is 4.37. The molecule has 2 aromatic carbocycles. The number of likely N-dealkylation sites (tertiary alicyclic amines) is 1. The van der Waals surface area contributed by atoms with E-state index >= 15 is 0 Å². The van der Waals surface area contributed by atoms with E-state index in [-0.39, 0.29) is 18.4 Å². The summed E-state index contributed by atoms with van der Waals surface area (Å²) in [6.07, 6.45) is 2.44. The molecule has 1 saturated heterocycles. The van der Waals surface area contributed by atoms with Crippen molar-refractivity contribution in [3.8, 4) is 0 Å². The van der Waals surface area contributed by atoms with Crippen molar-refractivity contribution >= 4 is 22.6 Å². The highest BCUT2D eigenvalue weighted by Gasteiger charge is 2.18. The van der Waals surface area contributed by atoms with Crippen LogP contribution in [0.15, 0.2) is 42.5 Å². The van der Waals surface area contributed by atoms with E-state index in [4.69, 9.17) is 0 Å². The topological polar surface area (TPSA) is 49.4 Å². The largest absolute Gasteiger partial charge is 0.347 e. The summed E-state index contributed by atoms with van der Waals surface area (Å²) in [7, 11) is 0. The summed E-state index contributed by atoms with van der Waals surface area (Å²) < 4.78 is 0. The molecule has 1 aliphatic heterocycles. The Morgan fingerprint density at radius 3 is 2.50 bits per heavy atom. The normalized spacial score (nSPS) is 14.3. The maximum Gasteiger partial charge on any atom is 0.241 e. The van der Waals surface area contributed by atoms with Crippen LogP contribution in [0.4, 0.5) is 0 Å². The van der Waals surface area contributed by atoms with Crippen molar-refractivity contribution < 1.29 is 9.59 Å². The van der Waals surface area contributed by atoms with Crippen molar-refractivity contribution in [2.75, 3.05) is 19.6 Å². The van der Waals surface area contributed by atoms with Gasteiger partial charge in [-0.1, -0.05) is 42.5 Å². The van der Waals surface area contributed by atoms with Gasteiger partial charge in [0.2, 0.25) is 11.8 Å². The number of rotatable bonds is 4. The van der Waals surface area contributed by atoms with Gasteiger partial charge in [-0.3, -0.25) is 9.59 Å². The molecule has 0 aliphatic carbocycles. The molecule has 0 bridgehead atoms. The van der Waals surface area contributed by atoms with Gasteiger partial charge in [-0.05, 0) is 29.2 Å². The van der Waals surface area contributed by atoms with Crippen LogP contribution in [0, 0.1) is 0 Å². The van der Waals surface area contributed by atoms with Gasteiger partial charge in [-0.2, -0.15) is 0 Å². The second kappa shape index (κ2) is 6.60. The minimum atomic E-state index is -0.108. The summed E-state index contributed by atoms with van der Waals surface area (Å²) in [5.41, 5.74) is 0.963. The summed E-state index contributed by atoms with van der Waals surface area (Å²) in [6.45, 7) is 1.74. The number of benzene rings is 2. The maximum absolute atomic E-state index is 12.0. The number of nitrogens with one attached hydrogen (secondary N) is 1. The molecule has 4 heteroatoms. The fourth-order valence-corrected chi connectivity index (χ4v) is 2.85. The van der Waals surface area contributed by atoms with Crippen molar-refractivity contribution in [3.63, 3.8) is 0 Å². The average Bonchev–Trinajstić information content (AvgIpc) is 3.07. The first-order valence-corrected chi connectivity index (χ1v) is 7.74. The fraction of sp³-hybridized carbons (Fsp3) is 0.333. The quantitative estimate of drug-likeness (QED) is 0.939. The summed E-state index contributed by atoms with van der Waals surface area (Å²) in [6, 6.07) is 14.1. The average molecular weight is 296 g/mol. The summed E-state index contributed by atoms with van der Waals surface area (Å²) >= 11 is 0. The maximum atomic E-state index is 12.0. The lowest BCUT2D eigenvalue weighted by atomic mass is 10.0. The second-order valence-corrected chi connectivity index (χ2v) is 5.72. The van der Waals surface area contributed by atoms with E-state index in [9.17, 15) is 9.59 Å². The molecule has 0 atom stereocenters. The van der Waals surface area contributed by atoms with Crippen molar-refractivity contribution in [2.45, 2.75) is 19.3 Å². The van der Waals surface area contributed by atoms with Gasteiger partial charge in [0.15, 0.2) is 0 Å². The van der Waals surface area contributed by atoms with E-state index in [0.717, 1.165) is 42.3 Å². The third kappa shape index (κ3) is 3.45. The van der Waals surface area contributed by atoms with Gasteiger partial charge in [0.25, 0.3) is 0 Å². The van der Waals surface area contributed by atoms with Crippen LogP contribution in [0.5, 0.6) is 0 Å². The first-order valence-electron chi connectivity index (χ1n) is 7.74. The van der Waals surface area contributed by atoms with Crippen LogP contribution >= 0.6 is 0 Å². The van der Waals surface area contributed by atoms with E-state index in [1.54, 1.807) is 0 Å². The Bertz CT molecular complexity index is 690. The van der Waals surface area contributed by atoms with Gasteiger partial charge in [0, 0.05) is 13.1 Å². The van der Waals surface area contributed by atoms with E-state index < -0.39 is 0 Å². The van der Waals surface area contributed by atoms with Crippen LogP contribution in [-0.2, 0) is 16.0 Å². The molecule has 0 spiro atoms. The monoisotopic (exact) mass is 296 g/mol. The molecule has 0 aromatic heterocycles. The van der Waals surface area contributed by atoms with Crippen LogP contribution in [0.25, 0.3) is 10.8 Å². The van der Waals surface area contributed by atoms with Crippen molar-refractivity contribution in [3.05, 3.63) is 48.0 Å². The van der Waals surface area contributed by atoms with Crippen molar-refractivity contribution in [1.82, 2.24) is 10.2 Å². The number of fused-ring (bicyclic) bond motifs is 1. The molecule has 1 fully saturated rings. The minimum Gasteiger partial charge on any atom is -0.347 e. The van der Waals surface area contributed by atoms with E-state index in [2.05, 4.69) is 5.32 Å². The number of carbonyl (C=O) groups excluding carboxylic acids is 2. The number of hydrogen-bond acceptors (Lipinski definition) is 2. The second-order valence-electron chi connectivity index (χ2n) is 5.72. The van der Waals surface area contributed by atoms with Crippen molar-refractivity contribution in [2.24, 2.45) is 0 Å². The van der Waals surface area contributed by atoms with Crippen LogP contribution < -0.4 is 5.32 Å².